The van der Waals surface area contributed by atoms with Crippen LogP contribution in [-0.2, 0) is 0 Å². The van der Waals surface area contributed by atoms with Crippen molar-refractivity contribution >= 4 is 195 Å². The van der Waals surface area contributed by atoms with Gasteiger partial charge in [0.25, 0.3) is 0 Å². The molecule has 0 unspecified atom stereocenters. The zero-order valence-corrected chi connectivity index (χ0v) is 85.1. The van der Waals surface area contributed by atoms with Gasteiger partial charge in [0.2, 0.25) is 0 Å². The molecule has 0 N–H and O–H groups in total. The summed E-state index contributed by atoms with van der Waals surface area (Å²) in [5.74, 6) is 0. The number of furan rings is 6. The molecular formula is C140H104O6S2. The second kappa shape index (κ2) is 41.4. The molecule has 712 valence electrons. The van der Waals surface area contributed by atoms with Gasteiger partial charge in [0.15, 0.2) is 0 Å². The van der Waals surface area contributed by atoms with Crippen LogP contribution in [0.4, 0.5) is 0 Å². The van der Waals surface area contributed by atoms with Gasteiger partial charge in [-0.1, -0.05) is 416 Å². The van der Waals surface area contributed by atoms with Crippen LogP contribution >= 0.6 is 22.7 Å². The highest BCUT2D eigenvalue weighted by molar-refractivity contribution is 7.26. The lowest BCUT2D eigenvalue weighted by atomic mass is 9.98. The minimum absolute atomic E-state index is 0.946. The van der Waals surface area contributed by atoms with Crippen LogP contribution in [-0.4, -0.2) is 0 Å². The van der Waals surface area contributed by atoms with Crippen molar-refractivity contribution in [3.63, 3.8) is 0 Å². The van der Waals surface area contributed by atoms with Crippen LogP contribution in [0, 0.1) is 55.4 Å². The van der Waals surface area contributed by atoms with Crippen LogP contribution < -0.4 is 0 Å². The first kappa shape index (κ1) is 93.7. The van der Waals surface area contributed by atoms with E-state index in [1.165, 1.54) is 200 Å². The van der Waals surface area contributed by atoms with Crippen LogP contribution in [0.5, 0.6) is 0 Å². The molecule has 0 amide bonds. The predicted molar refractivity (Wildman–Crippen MR) is 631 cm³/mol. The first-order valence-corrected chi connectivity index (χ1v) is 51.9. The van der Waals surface area contributed by atoms with Gasteiger partial charge in [0, 0.05) is 122 Å². The number of para-hydroxylation sites is 9. The van der Waals surface area contributed by atoms with Crippen LogP contribution in [0.25, 0.3) is 239 Å². The molecule has 8 heterocycles. The van der Waals surface area contributed by atoms with E-state index >= 15 is 0 Å². The monoisotopic (exact) mass is 1940 g/mol. The lowest BCUT2D eigenvalue weighted by molar-refractivity contribution is 0.668. The number of benzene rings is 22. The van der Waals surface area contributed by atoms with E-state index in [0.29, 0.717) is 0 Å². The second-order valence-corrected chi connectivity index (χ2v) is 40.2. The summed E-state index contributed by atoms with van der Waals surface area (Å²) in [6.07, 6.45) is 0. The van der Waals surface area contributed by atoms with Gasteiger partial charge in [-0.15, -0.1) is 22.7 Å². The van der Waals surface area contributed by atoms with Crippen molar-refractivity contribution in [1.29, 1.82) is 0 Å². The van der Waals surface area contributed by atoms with E-state index in [4.69, 9.17) is 26.5 Å². The fourth-order valence-corrected chi connectivity index (χ4v) is 22.5. The standard InChI is InChI=1S/6C19H14O.2C13H10S/c1-13-6-4-7-14(12-13)15-9-5-10-17-16-8-2-3-11-18(16)20-19(15)17;1-13-7-2-3-8-14(13)16-10-6-11-17-15-9-4-5-12-18(15)20-19(16)17;1-13-5-4-6-14(11-13)15-9-10-19-17(12-15)16-7-2-3-8-18(16)20-19;1-13-6-2-3-7-15(13)14-10-11-19-17(12-14)16-8-4-5-9-18(16)20-19;1-13-9-11-14(12-10-13)15-6-4-7-17-16-5-2-3-8-18(16)20-19(15)17;1-13-6-8-14(9-7-13)15-10-11-19-17(12-15)16-4-2-3-5-18(16)20-19;1-9-5-4-7-11-10-6-2-3-8-12(10)14-13(9)11;1-9-6-7-13-11(8-9)10-4-2-3-5-12(10)14-13/h6*2-12H,1H3;2*2-8H,1H3. The zero-order valence-electron chi connectivity index (χ0n) is 83.5. The molecule has 0 saturated carbocycles. The summed E-state index contributed by atoms with van der Waals surface area (Å²) in [5.41, 5.74) is 36.4. The minimum Gasteiger partial charge on any atom is -0.456 e. The van der Waals surface area contributed by atoms with Crippen LogP contribution in [0.15, 0.2) is 512 Å². The third-order valence-corrected chi connectivity index (χ3v) is 30.3. The molecule has 0 aliphatic heterocycles. The largest absolute Gasteiger partial charge is 0.456 e. The highest BCUT2D eigenvalue weighted by Gasteiger charge is 2.19. The second-order valence-electron chi connectivity index (χ2n) is 38.0. The molecule has 0 aliphatic rings. The van der Waals surface area contributed by atoms with Crippen molar-refractivity contribution < 1.29 is 26.5 Å². The fraction of sp³-hybridized carbons (Fsp3) is 0.0571. The Bertz CT molecular complexity index is 10100. The SMILES string of the molecule is Cc1ccc(-c2ccc3oc4ccccc4c3c2)cc1.Cc1ccc(-c2cccc3c2oc2ccccc23)cc1.Cc1ccc2sc3ccccc3c2c1.Cc1cccc(-c2ccc3oc4ccccc4c3c2)c1.Cc1cccc(-c2cccc3c2oc2ccccc23)c1.Cc1cccc2c1sc1ccccc12.Cc1ccccc1-c1ccc2oc3ccccc3c2c1.Cc1ccccc1-c1cccc2c1oc1ccccc12. The molecule has 0 radical (unpaired) electrons. The molecule has 22 aromatic carbocycles. The van der Waals surface area contributed by atoms with Crippen molar-refractivity contribution in [2.24, 2.45) is 0 Å². The molecule has 0 spiro atoms. The van der Waals surface area contributed by atoms with E-state index in [1.807, 2.05) is 95.5 Å². The summed E-state index contributed by atoms with van der Waals surface area (Å²) >= 11 is 3.76. The van der Waals surface area contributed by atoms with E-state index in [-0.39, 0.29) is 0 Å². The highest BCUT2D eigenvalue weighted by atomic mass is 32.1. The number of fused-ring (bicyclic) bond motifs is 24. The lowest BCUT2D eigenvalue weighted by Gasteiger charge is -2.06. The van der Waals surface area contributed by atoms with Gasteiger partial charge >= 0.3 is 0 Å². The topological polar surface area (TPSA) is 78.8 Å². The molecule has 0 saturated heterocycles. The van der Waals surface area contributed by atoms with Crippen LogP contribution in [0.3, 0.4) is 0 Å². The molecular weight excluding hydrogens is 1840 g/mol. The van der Waals surface area contributed by atoms with Gasteiger partial charge in [-0.05, 0) is 219 Å². The summed E-state index contributed by atoms with van der Waals surface area (Å²) in [6, 6.07) is 169. The van der Waals surface area contributed by atoms with Crippen LogP contribution in [0.1, 0.15) is 44.5 Å². The lowest BCUT2D eigenvalue weighted by Crippen LogP contribution is -1.82. The van der Waals surface area contributed by atoms with Crippen molar-refractivity contribution in [2.75, 3.05) is 0 Å². The van der Waals surface area contributed by atoms with E-state index in [2.05, 4.69) is 468 Å². The predicted octanol–water partition coefficient (Wildman–Crippen LogP) is 42.1. The molecule has 8 aromatic heterocycles. The van der Waals surface area contributed by atoms with Crippen molar-refractivity contribution in [2.45, 2.75) is 55.4 Å². The molecule has 148 heavy (non-hydrogen) atoms. The quantitative estimate of drug-likeness (QED) is 0.165. The van der Waals surface area contributed by atoms with E-state index in [0.717, 1.165) is 83.7 Å². The maximum atomic E-state index is 6.09. The molecule has 6 nitrogen and oxygen atoms in total. The Morgan fingerprint density at radius 2 is 0.419 bits per heavy atom. The Hall–Kier alpha value is -17.9. The van der Waals surface area contributed by atoms with Gasteiger partial charge in [-0.2, -0.15) is 0 Å². The third-order valence-electron chi connectivity index (χ3n) is 27.8. The Morgan fingerprint density at radius 1 is 0.135 bits per heavy atom. The number of thiophene rings is 2. The molecule has 0 aliphatic carbocycles. The van der Waals surface area contributed by atoms with Gasteiger partial charge in [0.05, 0.1) is 0 Å². The summed E-state index contributed by atoms with van der Waals surface area (Å²) in [7, 11) is 0. The Morgan fingerprint density at radius 3 is 0.905 bits per heavy atom. The summed E-state index contributed by atoms with van der Waals surface area (Å²) in [5, 5.41) is 19.7. The number of hydrogen-bond donors (Lipinski definition) is 0. The molecule has 8 heteroatoms. The van der Waals surface area contributed by atoms with Crippen molar-refractivity contribution in [3.05, 3.63) is 530 Å². The zero-order chi connectivity index (χ0) is 100. The minimum atomic E-state index is 0.946. The molecule has 0 atom stereocenters. The summed E-state index contributed by atoms with van der Waals surface area (Å²) < 4.78 is 41.4. The van der Waals surface area contributed by atoms with E-state index < -0.39 is 0 Å². The molecule has 30 aromatic rings. The van der Waals surface area contributed by atoms with Crippen molar-refractivity contribution in [1.82, 2.24) is 0 Å². The number of aryl methyl sites for hydroxylation is 8. The normalized spacial score (nSPS) is 11.2. The fourth-order valence-electron chi connectivity index (χ4n) is 20.2. The highest BCUT2D eigenvalue weighted by Crippen LogP contribution is 2.44. The third kappa shape index (κ3) is 19.2. The summed E-state index contributed by atoms with van der Waals surface area (Å²) in [6.45, 7) is 17.0. The molecule has 0 bridgehead atoms. The maximum absolute atomic E-state index is 6.09. The first-order valence-electron chi connectivity index (χ1n) is 50.3. The Kier molecular flexibility index (Phi) is 26.2. The Labute approximate surface area is 866 Å². The smallest absolute Gasteiger partial charge is 0.143 e. The number of hydrogen-bond acceptors (Lipinski definition) is 8. The summed E-state index contributed by atoms with van der Waals surface area (Å²) in [4.78, 5) is 0. The first-order chi connectivity index (χ1) is 72.6. The Balaban J connectivity index is 0.0000000933. The van der Waals surface area contributed by atoms with Gasteiger partial charge in [-0.25, -0.2) is 0 Å². The van der Waals surface area contributed by atoms with E-state index in [1.54, 1.807) is 0 Å². The van der Waals surface area contributed by atoms with Crippen LogP contribution in [0.2, 0.25) is 0 Å². The van der Waals surface area contributed by atoms with Gasteiger partial charge in [0.1, 0.15) is 67.0 Å². The number of rotatable bonds is 6. The van der Waals surface area contributed by atoms with E-state index in [9.17, 15) is 0 Å². The molecule has 30 rings (SSSR count). The van der Waals surface area contributed by atoms with Gasteiger partial charge in [-0.3, -0.25) is 0 Å². The maximum Gasteiger partial charge on any atom is 0.143 e. The molecule has 0 fully saturated rings. The van der Waals surface area contributed by atoms with Gasteiger partial charge < -0.3 is 26.5 Å². The average Bonchev–Trinajstić information content (AvgIpc) is 1.61. The van der Waals surface area contributed by atoms with Crippen molar-refractivity contribution in [3.8, 4) is 66.8 Å². The average molecular weight is 1950 g/mol.